The van der Waals surface area contributed by atoms with E-state index in [0.29, 0.717) is 12.1 Å². The topological polar surface area (TPSA) is 24.5 Å². The zero-order chi connectivity index (χ0) is 10.4. The minimum atomic E-state index is 0.635. The Labute approximate surface area is 87.8 Å². The van der Waals surface area contributed by atoms with Gasteiger partial charge in [0.05, 0.1) is 13.2 Å². The molecule has 1 aliphatic rings. The van der Waals surface area contributed by atoms with E-state index in [0.717, 1.165) is 26.3 Å². The molecule has 1 fully saturated rings. The number of hydrogen-bond acceptors (Lipinski definition) is 3. The van der Waals surface area contributed by atoms with Crippen molar-refractivity contribution < 1.29 is 4.74 Å². The molecule has 3 nitrogen and oxygen atoms in total. The molecular weight excluding hydrogens is 176 g/mol. The Morgan fingerprint density at radius 1 is 1.57 bits per heavy atom. The van der Waals surface area contributed by atoms with Gasteiger partial charge >= 0.3 is 0 Å². The second-order valence-corrected chi connectivity index (χ2v) is 4.12. The Kier molecular flexibility index (Phi) is 5.45. The molecule has 3 heteroatoms. The normalized spacial score (nSPS) is 26.4. The molecule has 14 heavy (non-hydrogen) atoms. The van der Waals surface area contributed by atoms with Crippen LogP contribution in [-0.2, 0) is 4.74 Å². The smallest absolute Gasteiger partial charge is 0.0622 e. The maximum absolute atomic E-state index is 5.50. The number of rotatable bonds is 5. The molecular formula is C11H24N2O. The number of morpholine rings is 1. The van der Waals surface area contributed by atoms with Crippen LogP contribution in [0.15, 0.2) is 0 Å². The summed E-state index contributed by atoms with van der Waals surface area (Å²) < 4.78 is 5.50. The summed E-state index contributed by atoms with van der Waals surface area (Å²) in [5.41, 5.74) is 0. The number of nitrogens with zero attached hydrogens (tertiary/aromatic N) is 1. The minimum absolute atomic E-state index is 0.635. The zero-order valence-corrected chi connectivity index (χ0v) is 9.75. The van der Waals surface area contributed by atoms with Gasteiger partial charge in [0.2, 0.25) is 0 Å². The van der Waals surface area contributed by atoms with Gasteiger partial charge in [-0.15, -0.1) is 0 Å². The van der Waals surface area contributed by atoms with Gasteiger partial charge in [0, 0.05) is 18.6 Å². The van der Waals surface area contributed by atoms with E-state index < -0.39 is 0 Å². The van der Waals surface area contributed by atoms with Gasteiger partial charge < -0.3 is 10.1 Å². The lowest BCUT2D eigenvalue weighted by molar-refractivity contribution is -0.0278. The van der Waals surface area contributed by atoms with Crippen molar-refractivity contribution in [3.05, 3.63) is 0 Å². The Balaban J connectivity index is 2.37. The van der Waals surface area contributed by atoms with Crippen LogP contribution in [0.4, 0.5) is 0 Å². The first-order chi connectivity index (χ1) is 6.79. The molecule has 2 unspecified atom stereocenters. The van der Waals surface area contributed by atoms with Crippen molar-refractivity contribution in [2.45, 2.75) is 38.8 Å². The standard InChI is InChI=1S/C11H24N2O/c1-4-11-9-14-8-7-13(11)10(2)5-6-12-3/h10-12H,4-9H2,1-3H3. The van der Waals surface area contributed by atoms with Crippen molar-refractivity contribution in [2.75, 3.05) is 33.4 Å². The average molecular weight is 200 g/mol. The summed E-state index contributed by atoms with van der Waals surface area (Å²) in [6.45, 7) is 8.60. The summed E-state index contributed by atoms with van der Waals surface area (Å²) in [6, 6.07) is 1.31. The summed E-state index contributed by atoms with van der Waals surface area (Å²) in [7, 11) is 2.02. The molecule has 2 atom stereocenters. The molecule has 1 heterocycles. The fourth-order valence-corrected chi connectivity index (χ4v) is 2.12. The van der Waals surface area contributed by atoms with Crippen molar-refractivity contribution in [1.29, 1.82) is 0 Å². The summed E-state index contributed by atoms with van der Waals surface area (Å²) in [6.07, 6.45) is 2.43. The molecule has 0 radical (unpaired) electrons. The van der Waals surface area contributed by atoms with Crippen LogP contribution in [0.5, 0.6) is 0 Å². The number of nitrogens with one attached hydrogen (secondary N) is 1. The lowest BCUT2D eigenvalue weighted by Gasteiger charge is -2.39. The monoisotopic (exact) mass is 200 g/mol. The maximum atomic E-state index is 5.50. The molecule has 0 bridgehead atoms. The van der Waals surface area contributed by atoms with Crippen LogP contribution in [0.3, 0.4) is 0 Å². The third kappa shape index (κ3) is 3.23. The second-order valence-electron chi connectivity index (χ2n) is 4.12. The van der Waals surface area contributed by atoms with Crippen molar-refractivity contribution in [1.82, 2.24) is 10.2 Å². The quantitative estimate of drug-likeness (QED) is 0.719. The number of hydrogen-bond donors (Lipinski definition) is 1. The SMILES string of the molecule is CCC1COCCN1C(C)CCNC. The first kappa shape index (κ1) is 12.0. The third-order valence-corrected chi connectivity index (χ3v) is 3.12. The van der Waals surface area contributed by atoms with Gasteiger partial charge in [0.15, 0.2) is 0 Å². The lowest BCUT2D eigenvalue weighted by atomic mass is 10.1. The molecule has 0 amide bonds. The van der Waals surface area contributed by atoms with E-state index in [2.05, 4.69) is 24.1 Å². The van der Waals surface area contributed by atoms with E-state index in [9.17, 15) is 0 Å². The van der Waals surface area contributed by atoms with E-state index in [1.807, 2.05) is 7.05 Å². The Morgan fingerprint density at radius 2 is 2.36 bits per heavy atom. The largest absolute Gasteiger partial charge is 0.378 e. The third-order valence-electron chi connectivity index (χ3n) is 3.12. The molecule has 0 saturated carbocycles. The molecule has 0 spiro atoms. The highest BCUT2D eigenvalue weighted by Gasteiger charge is 2.24. The van der Waals surface area contributed by atoms with Gasteiger partial charge in [0.25, 0.3) is 0 Å². The lowest BCUT2D eigenvalue weighted by Crippen LogP contribution is -2.50. The first-order valence-electron chi connectivity index (χ1n) is 5.77. The molecule has 1 rings (SSSR count). The van der Waals surface area contributed by atoms with E-state index in [1.165, 1.54) is 12.8 Å². The van der Waals surface area contributed by atoms with Crippen LogP contribution in [-0.4, -0.2) is 50.3 Å². The minimum Gasteiger partial charge on any atom is -0.378 e. The molecule has 1 aliphatic heterocycles. The number of ether oxygens (including phenoxy) is 1. The summed E-state index contributed by atoms with van der Waals surface area (Å²) in [5.74, 6) is 0. The van der Waals surface area contributed by atoms with Gasteiger partial charge in [-0.2, -0.15) is 0 Å². The fourth-order valence-electron chi connectivity index (χ4n) is 2.12. The van der Waals surface area contributed by atoms with Crippen LogP contribution < -0.4 is 5.32 Å². The maximum Gasteiger partial charge on any atom is 0.0622 e. The van der Waals surface area contributed by atoms with Gasteiger partial charge in [0.1, 0.15) is 0 Å². The van der Waals surface area contributed by atoms with Gasteiger partial charge in [-0.05, 0) is 33.4 Å². The summed E-state index contributed by atoms with van der Waals surface area (Å²) >= 11 is 0. The highest BCUT2D eigenvalue weighted by Crippen LogP contribution is 2.15. The molecule has 0 aromatic carbocycles. The molecule has 0 aliphatic carbocycles. The molecule has 0 aromatic rings. The predicted molar refractivity (Wildman–Crippen MR) is 59.6 cm³/mol. The van der Waals surface area contributed by atoms with Gasteiger partial charge in [-0.1, -0.05) is 6.92 Å². The van der Waals surface area contributed by atoms with Crippen molar-refractivity contribution in [2.24, 2.45) is 0 Å². The van der Waals surface area contributed by atoms with Crippen LogP contribution >= 0.6 is 0 Å². The van der Waals surface area contributed by atoms with Crippen molar-refractivity contribution >= 4 is 0 Å². The Morgan fingerprint density at radius 3 is 3.00 bits per heavy atom. The summed E-state index contributed by atoms with van der Waals surface area (Å²) in [5, 5.41) is 3.21. The van der Waals surface area contributed by atoms with E-state index in [4.69, 9.17) is 4.74 Å². The average Bonchev–Trinajstić information content (AvgIpc) is 2.25. The van der Waals surface area contributed by atoms with Crippen LogP contribution in [0, 0.1) is 0 Å². The Bertz CT molecular complexity index is 152. The summed E-state index contributed by atoms with van der Waals surface area (Å²) in [4.78, 5) is 2.60. The molecule has 0 aromatic heterocycles. The van der Waals surface area contributed by atoms with Crippen LogP contribution in [0.2, 0.25) is 0 Å². The molecule has 1 N–H and O–H groups in total. The molecule has 1 saturated heterocycles. The van der Waals surface area contributed by atoms with Gasteiger partial charge in [-0.3, -0.25) is 4.90 Å². The Hall–Kier alpha value is -0.120. The fraction of sp³-hybridized carbons (Fsp3) is 1.00. The first-order valence-corrected chi connectivity index (χ1v) is 5.77. The highest BCUT2D eigenvalue weighted by atomic mass is 16.5. The van der Waals surface area contributed by atoms with E-state index in [1.54, 1.807) is 0 Å². The van der Waals surface area contributed by atoms with Crippen LogP contribution in [0.25, 0.3) is 0 Å². The van der Waals surface area contributed by atoms with Crippen molar-refractivity contribution in [3.63, 3.8) is 0 Å². The van der Waals surface area contributed by atoms with Crippen molar-refractivity contribution in [3.8, 4) is 0 Å². The van der Waals surface area contributed by atoms with Crippen LogP contribution in [0.1, 0.15) is 26.7 Å². The predicted octanol–water partition coefficient (Wildman–Crippen LogP) is 1.10. The zero-order valence-electron chi connectivity index (χ0n) is 9.75. The molecule has 84 valence electrons. The van der Waals surface area contributed by atoms with Gasteiger partial charge in [-0.25, -0.2) is 0 Å². The van der Waals surface area contributed by atoms with E-state index >= 15 is 0 Å². The second kappa shape index (κ2) is 6.38. The van der Waals surface area contributed by atoms with E-state index in [-0.39, 0.29) is 0 Å². The highest BCUT2D eigenvalue weighted by molar-refractivity contribution is 4.79.